The van der Waals surface area contributed by atoms with Gasteiger partial charge in [-0.15, -0.1) is 0 Å². The number of nitrogens with one attached hydrogen (secondary N) is 1. The van der Waals surface area contributed by atoms with Crippen LogP contribution < -0.4 is 5.73 Å². The number of fused-ring (bicyclic) bond motifs is 1. The zero-order valence-electron chi connectivity index (χ0n) is 10.8. The Hall–Kier alpha value is -2.21. The van der Waals surface area contributed by atoms with Crippen LogP contribution in [-0.2, 0) is 13.1 Å². The van der Waals surface area contributed by atoms with Crippen LogP contribution in [0, 0.1) is 0 Å². The normalized spacial score (nSPS) is 11.3. The molecule has 0 fully saturated rings. The molecule has 0 aliphatic carbocycles. The van der Waals surface area contributed by atoms with Crippen molar-refractivity contribution < 1.29 is 0 Å². The summed E-state index contributed by atoms with van der Waals surface area (Å²) < 4.78 is 2.17. The predicted octanol–water partition coefficient (Wildman–Crippen LogP) is 1.69. The van der Waals surface area contributed by atoms with Crippen LogP contribution in [-0.4, -0.2) is 25.0 Å². The fraction of sp³-hybridized carbons (Fsp3) is 0.308. The molecule has 3 N–H and O–H groups in total. The van der Waals surface area contributed by atoms with Crippen molar-refractivity contribution >= 4 is 11.0 Å². The van der Waals surface area contributed by atoms with E-state index < -0.39 is 0 Å². The van der Waals surface area contributed by atoms with Crippen molar-refractivity contribution in [2.45, 2.75) is 26.4 Å². The fourth-order valence-electron chi connectivity index (χ4n) is 2.26. The van der Waals surface area contributed by atoms with Gasteiger partial charge in [-0.1, -0.05) is 13.0 Å². The fourth-order valence-corrected chi connectivity index (χ4v) is 2.26. The molecule has 0 saturated carbocycles. The van der Waals surface area contributed by atoms with E-state index in [4.69, 9.17) is 5.73 Å². The van der Waals surface area contributed by atoms with E-state index in [2.05, 4.69) is 38.0 Å². The number of benzene rings is 1. The Labute approximate surface area is 110 Å². The van der Waals surface area contributed by atoms with E-state index in [1.54, 1.807) is 6.20 Å². The summed E-state index contributed by atoms with van der Waals surface area (Å²) in [6.07, 6.45) is 2.73. The molecule has 0 radical (unpaired) electrons. The molecule has 6 nitrogen and oxygen atoms in total. The van der Waals surface area contributed by atoms with Gasteiger partial charge in [0.1, 0.15) is 5.69 Å². The molecule has 1 aromatic carbocycles. The van der Waals surface area contributed by atoms with Gasteiger partial charge in [0.2, 0.25) is 0 Å². The van der Waals surface area contributed by atoms with Crippen LogP contribution in [0.1, 0.15) is 18.9 Å². The van der Waals surface area contributed by atoms with Crippen molar-refractivity contribution in [2.24, 2.45) is 5.73 Å². The predicted molar refractivity (Wildman–Crippen MR) is 73.3 cm³/mol. The van der Waals surface area contributed by atoms with Gasteiger partial charge in [-0.25, -0.2) is 4.98 Å². The molecular weight excluding hydrogens is 240 g/mol. The number of hydrogen-bond donors (Lipinski definition) is 2. The second-order valence-electron chi connectivity index (χ2n) is 4.47. The summed E-state index contributed by atoms with van der Waals surface area (Å²) in [5.74, 6) is 0.847. The summed E-state index contributed by atoms with van der Waals surface area (Å²) in [4.78, 5) is 4.67. The molecule has 0 aliphatic heterocycles. The average molecular weight is 256 g/mol. The Balaban J connectivity index is 2.22. The maximum Gasteiger partial charge on any atom is 0.163 e. The Morgan fingerprint density at radius 2 is 2.26 bits per heavy atom. The van der Waals surface area contributed by atoms with Gasteiger partial charge in [0.15, 0.2) is 5.82 Å². The number of aromatic nitrogens is 5. The third kappa shape index (κ3) is 2.00. The summed E-state index contributed by atoms with van der Waals surface area (Å²) in [7, 11) is 0. The largest absolute Gasteiger partial charge is 0.326 e. The van der Waals surface area contributed by atoms with Crippen LogP contribution in [0.5, 0.6) is 0 Å². The molecular formula is C13H16N6. The van der Waals surface area contributed by atoms with E-state index in [9.17, 15) is 0 Å². The van der Waals surface area contributed by atoms with E-state index in [1.807, 2.05) is 12.1 Å². The van der Waals surface area contributed by atoms with Crippen LogP contribution in [0.25, 0.3) is 22.6 Å². The highest BCUT2D eigenvalue weighted by Gasteiger charge is 2.14. The van der Waals surface area contributed by atoms with Crippen LogP contribution >= 0.6 is 0 Å². The van der Waals surface area contributed by atoms with E-state index in [1.165, 1.54) is 0 Å². The van der Waals surface area contributed by atoms with Crippen LogP contribution in [0.15, 0.2) is 24.4 Å². The van der Waals surface area contributed by atoms with Gasteiger partial charge in [-0.3, -0.25) is 0 Å². The Bertz CT molecular complexity index is 683. The van der Waals surface area contributed by atoms with E-state index in [-0.39, 0.29) is 0 Å². The summed E-state index contributed by atoms with van der Waals surface area (Å²) in [5.41, 5.74) is 9.59. The zero-order chi connectivity index (χ0) is 13.2. The minimum absolute atomic E-state index is 0.524. The monoisotopic (exact) mass is 256 g/mol. The second kappa shape index (κ2) is 4.81. The highest BCUT2D eigenvalue weighted by Crippen LogP contribution is 2.24. The lowest BCUT2D eigenvalue weighted by Gasteiger charge is -2.05. The summed E-state index contributed by atoms with van der Waals surface area (Å²) in [5, 5.41) is 10.6. The number of H-pyrrole nitrogens is 1. The number of aromatic amines is 1. The first-order valence-electron chi connectivity index (χ1n) is 6.39. The minimum atomic E-state index is 0.524. The first-order chi connectivity index (χ1) is 9.33. The van der Waals surface area contributed by atoms with Crippen LogP contribution in [0.3, 0.4) is 0 Å². The van der Waals surface area contributed by atoms with Gasteiger partial charge in [-0.2, -0.15) is 15.4 Å². The summed E-state index contributed by atoms with van der Waals surface area (Å²) >= 11 is 0. The summed E-state index contributed by atoms with van der Waals surface area (Å²) in [6.45, 7) is 3.57. The molecule has 0 amide bonds. The van der Waals surface area contributed by atoms with Gasteiger partial charge < -0.3 is 10.3 Å². The molecule has 2 aromatic heterocycles. The number of aryl methyl sites for hydroxylation is 1. The molecule has 0 aliphatic rings. The highest BCUT2D eigenvalue weighted by atomic mass is 15.3. The van der Waals surface area contributed by atoms with Crippen molar-refractivity contribution in [3.8, 4) is 11.5 Å². The molecule has 0 atom stereocenters. The van der Waals surface area contributed by atoms with E-state index in [0.717, 1.165) is 41.1 Å². The van der Waals surface area contributed by atoms with Crippen molar-refractivity contribution in [2.75, 3.05) is 0 Å². The molecule has 19 heavy (non-hydrogen) atoms. The molecule has 0 saturated heterocycles. The van der Waals surface area contributed by atoms with Gasteiger partial charge >= 0.3 is 0 Å². The maximum atomic E-state index is 5.68. The van der Waals surface area contributed by atoms with Crippen molar-refractivity contribution in [3.05, 3.63) is 30.0 Å². The lowest BCUT2D eigenvalue weighted by Crippen LogP contribution is -2.00. The lowest BCUT2D eigenvalue weighted by atomic mass is 10.2. The quantitative estimate of drug-likeness (QED) is 0.743. The molecule has 3 rings (SSSR count). The molecule has 3 aromatic rings. The Kier molecular flexibility index (Phi) is 3.00. The standard InChI is InChI=1S/C13H16N6/c1-2-5-19-12-4-3-9(7-14)6-10(12)16-13(19)11-8-15-18-17-11/h3-4,6,8H,2,5,7,14H2,1H3,(H,15,17,18). The smallest absolute Gasteiger partial charge is 0.163 e. The van der Waals surface area contributed by atoms with Crippen LogP contribution in [0.2, 0.25) is 0 Å². The maximum absolute atomic E-state index is 5.68. The lowest BCUT2D eigenvalue weighted by molar-refractivity contribution is 0.702. The first-order valence-corrected chi connectivity index (χ1v) is 6.39. The number of hydrogen-bond acceptors (Lipinski definition) is 4. The highest BCUT2D eigenvalue weighted by molar-refractivity contribution is 5.80. The molecule has 2 heterocycles. The summed E-state index contributed by atoms with van der Waals surface area (Å²) in [6, 6.07) is 6.15. The number of rotatable bonds is 4. The van der Waals surface area contributed by atoms with Crippen LogP contribution in [0.4, 0.5) is 0 Å². The Morgan fingerprint density at radius 3 is 2.95 bits per heavy atom. The van der Waals surface area contributed by atoms with E-state index in [0.29, 0.717) is 6.54 Å². The first kappa shape index (κ1) is 11.9. The number of nitrogens with two attached hydrogens (primary N) is 1. The van der Waals surface area contributed by atoms with Crippen molar-refractivity contribution in [1.82, 2.24) is 25.0 Å². The van der Waals surface area contributed by atoms with Crippen molar-refractivity contribution in [3.63, 3.8) is 0 Å². The molecule has 0 unspecified atom stereocenters. The minimum Gasteiger partial charge on any atom is -0.326 e. The average Bonchev–Trinajstić information content (AvgIpc) is 3.06. The van der Waals surface area contributed by atoms with Crippen molar-refractivity contribution in [1.29, 1.82) is 0 Å². The SMILES string of the molecule is CCCn1c(-c2cn[nH]n2)nc2cc(CN)ccc21. The number of nitrogens with zero attached hydrogens (tertiary/aromatic N) is 4. The molecule has 98 valence electrons. The van der Waals surface area contributed by atoms with Gasteiger partial charge in [0.05, 0.1) is 17.2 Å². The second-order valence-corrected chi connectivity index (χ2v) is 4.47. The van der Waals surface area contributed by atoms with Gasteiger partial charge in [0.25, 0.3) is 0 Å². The molecule has 0 spiro atoms. The third-order valence-corrected chi connectivity index (χ3v) is 3.14. The molecule has 6 heteroatoms. The third-order valence-electron chi connectivity index (χ3n) is 3.14. The van der Waals surface area contributed by atoms with E-state index >= 15 is 0 Å². The van der Waals surface area contributed by atoms with Gasteiger partial charge in [0, 0.05) is 13.1 Å². The Morgan fingerprint density at radius 1 is 1.37 bits per heavy atom. The van der Waals surface area contributed by atoms with Gasteiger partial charge in [-0.05, 0) is 24.1 Å². The molecule has 0 bridgehead atoms. The topological polar surface area (TPSA) is 85.4 Å². The number of imidazole rings is 1. The zero-order valence-corrected chi connectivity index (χ0v) is 10.8.